The number of nitrogens with one attached hydrogen (secondary N) is 3. The van der Waals surface area contributed by atoms with Crippen molar-refractivity contribution in [1.82, 2.24) is 15.5 Å². The topological polar surface area (TPSA) is 130 Å². The molecule has 1 heterocycles. The predicted octanol–water partition coefficient (Wildman–Crippen LogP) is 2.82. The van der Waals surface area contributed by atoms with Crippen LogP contribution in [0.2, 0.25) is 0 Å². The summed E-state index contributed by atoms with van der Waals surface area (Å²) in [6.07, 6.45) is 1.51. The van der Waals surface area contributed by atoms with Gasteiger partial charge >= 0.3 is 0 Å². The van der Waals surface area contributed by atoms with Crippen molar-refractivity contribution in [2.75, 3.05) is 16.6 Å². The van der Waals surface area contributed by atoms with Crippen molar-refractivity contribution in [1.29, 1.82) is 0 Å². The molecule has 3 N–H and O–H groups in total. The molecule has 0 aliphatic rings. The molecule has 3 rings (SSSR count). The van der Waals surface area contributed by atoms with Crippen LogP contribution in [0.5, 0.6) is 0 Å². The third-order valence-electron chi connectivity index (χ3n) is 4.07. The normalized spacial score (nSPS) is 10.9. The average Bonchev–Trinajstić information content (AvgIpc) is 3.22. The van der Waals surface area contributed by atoms with Crippen LogP contribution in [0.3, 0.4) is 0 Å². The molecule has 31 heavy (non-hydrogen) atoms. The molecule has 0 fully saturated rings. The van der Waals surface area contributed by atoms with E-state index in [-0.39, 0.29) is 27.3 Å². The van der Waals surface area contributed by atoms with E-state index in [0.29, 0.717) is 16.9 Å². The molecule has 3 aromatic rings. The lowest BCUT2D eigenvalue weighted by Gasteiger charge is -2.10. The summed E-state index contributed by atoms with van der Waals surface area (Å²) in [5, 5.41) is 12.6. The number of carbonyl (C=O) groups is 2. The summed E-state index contributed by atoms with van der Waals surface area (Å²) in [5.74, 6) is -0.878. The Morgan fingerprint density at radius 2 is 1.71 bits per heavy atom. The van der Waals surface area contributed by atoms with Crippen molar-refractivity contribution in [2.45, 2.75) is 11.3 Å². The lowest BCUT2D eigenvalue weighted by atomic mass is 10.1. The highest BCUT2D eigenvalue weighted by Gasteiger charge is 2.23. The zero-order chi connectivity index (χ0) is 22.4. The number of aromatic nitrogens is 2. The molecule has 0 aliphatic carbocycles. The van der Waals surface area contributed by atoms with Crippen molar-refractivity contribution in [3.63, 3.8) is 0 Å². The maximum absolute atomic E-state index is 12.7. The summed E-state index contributed by atoms with van der Waals surface area (Å²) in [4.78, 5) is 24.7. The molecule has 2 amide bonds. The van der Waals surface area contributed by atoms with Gasteiger partial charge < -0.3 is 5.32 Å². The van der Waals surface area contributed by atoms with E-state index in [1.807, 2.05) is 6.07 Å². The number of anilines is 2. The summed E-state index contributed by atoms with van der Waals surface area (Å²) in [6.45, 7) is 5.55. The molecule has 0 saturated heterocycles. The summed E-state index contributed by atoms with van der Waals surface area (Å²) < 4.78 is 27.5. The number of hydrogen-bond donors (Lipinski definition) is 3. The first-order valence-corrected chi connectivity index (χ1v) is 11.3. The molecule has 2 aromatic carbocycles. The first-order chi connectivity index (χ1) is 14.8. The number of rotatable bonds is 8. The Hall–Kier alpha value is -3.57. The van der Waals surface area contributed by atoms with E-state index in [1.165, 1.54) is 18.2 Å². The Labute approximate surface area is 183 Å². The van der Waals surface area contributed by atoms with Crippen molar-refractivity contribution in [2.24, 2.45) is 0 Å². The Bertz CT molecular complexity index is 1240. The minimum atomic E-state index is -4.13. The Morgan fingerprint density at radius 3 is 2.42 bits per heavy atom. The highest BCUT2D eigenvalue weighted by atomic mass is 32.2. The number of benzene rings is 2. The lowest BCUT2D eigenvalue weighted by molar-refractivity contribution is 0.0958. The second kappa shape index (κ2) is 9.49. The smallest absolute Gasteiger partial charge is 0.291 e. The van der Waals surface area contributed by atoms with E-state index in [4.69, 9.17) is 0 Å². The van der Waals surface area contributed by atoms with E-state index >= 15 is 0 Å². The molecule has 11 heteroatoms. The van der Waals surface area contributed by atoms with Gasteiger partial charge in [0.1, 0.15) is 0 Å². The summed E-state index contributed by atoms with van der Waals surface area (Å²) in [5.41, 5.74) is 1.44. The highest BCUT2D eigenvalue weighted by Crippen LogP contribution is 2.25. The molecule has 0 atom stereocenters. The Balaban J connectivity index is 1.78. The van der Waals surface area contributed by atoms with Crippen LogP contribution in [0.15, 0.2) is 65.5 Å². The average molecular weight is 458 g/mol. The Kier molecular flexibility index (Phi) is 6.78. The van der Waals surface area contributed by atoms with Gasteiger partial charge in [0.05, 0.1) is 11.3 Å². The van der Waals surface area contributed by atoms with Gasteiger partial charge in [-0.05, 0) is 30.7 Å². The standard InChI is InChI=1S/C20H19N5O4S2/c1-3-12-21-17(26)15-10-6-7-11-16(15)25-31(28,29)20-24-23-19(30-20)22-18(27)14-9-5-4-8-13(14)2/h3-11,25H,1,12H2,2H3,(H,21,26)(H,22,23,27). The van der Waals surface area contributed by atoms with Crippen LogP contribution in [-0.2, 0) is 10.0 Å². The molecule has 0 spiro atoms. The summed E-state index contributed by atoms with van der Waals surface area (Å²) in [6, 6.07) is 13.1. The monoisotopic (exact) mass is 457 g/mol. The van der Waals surface area contributed by atoms with Gasteiger partial charge in [0.25, 0.3) is 26.2 Å². The van der Waals surface area contributed by atoms with Gasteiger partial charge in [-0.1, -0.05) is 47.7 Å². The van der Waals surface area contributed by atoms with Gasteiger partial charge in [-0.25, -0.2) is 0 Å². The van der Waals surface area contributed by atoms with Gasteiger partial charge in [-0.15, -0.1) is 16.8 Å². The molecule has 160 valence electrons. The number of aryl methyl sites for hydroxylation is 1. The molecule has 0 bridgehead atoms. The van der Waals surface area contributed by atoms with Gasteiger partial charge in [-0.2, -0.15) is 8.42 Å². The molecule has 0 aliphatic heterocycles. The van der Waals surface area contributed by atoms with Crippen LogP contribution in [0, 0.1) is 6.92 Å². The minimum Gasteiger partial charge on any atom is -0.349 e. The van der Waals surface area contributed by atoms with Crippen LogP contribution >= 0.6 is 11.3 Å². The SMILES string of the molecule is C=CCNC(=O)c1ccccc1NS(=O)(=O)c1nnc(NC(=O)c2ccccc2C)s1. The summed E-state index contributed by atoms with van der Waals surface area (Å²) in [7, 11) is -4.13. The predicted molar refractivity (Wildman–Crippen MR) is 119 cm³/mol. The second-order valence-corrected chi connectivity index (χ2v) is 9.13. The molecule has 0 radical (unpaired) electrons. The molecule has 1 aromatic heterocycles. The van der Waals surface area contributed by atoms with Crippen LogP contribution < -0.4 is 15.4 Å². The maximum atomic E-state index is 12.7. The van der Waals surface area contributed by atoms with Gasteiger partial charge in [0.15, 0.2) is 0 Å². The lowest BCUT2D eigenvalue weighted by Crippen LogP contribution is -2.25. The first-order valence-electron chi connectivity index (χ1n) is 9.03. The summed E-state index contributed by atoms with van der Waals surface area (Å²) >= 11 is 0.698. The Morgan fingerprint density at radius 1 is 1.03 bits per heavy atom. The number of para-hydroxylation sites is 1. The van der Waals surface area contributed by atoms with E-state index < -0.39 is 21.8 Å². The van der Waals surface area contributed by atoms with Crippen molar-refractivity contribution in [3.8, 4) is 0 Å². The van der Waals surface area contributed by atoms with Crippen molar-refractivity contribution < 1.29 is 18.0 Å². The van der Waals surface area contributed by atoms with Gasteiger partial charge in [-0.3, -0.25) is 19.6 Å². The zero-order valence-electron chi connectivity index (χ0n) is 16.5. The fourth-order valence-corrected chi connectivity index (χ4v) is 4.56. The van der Waals surface area contributed by atoms with Crippen molar-refractivity contribution in [3.05, 3.63) is 77.9 Å². The molecule has 0 unspecified atom stereocenters. The first kappa shape index (κ1) is 22.1. The molecule has 9 nitrogen and oxygen atoms in total. The zero-order valence-corrected chi connectivity index (χ0v) is 18.1. The third-order valence-corrected chi connectivity index (χ3v) is 6.64. The van der Waals surface area contributed by atoms with E-state index in [9.17, 15) is 18.0 Å². The quantitative estimate of drug-likeness (QED) is 0.352. The van der Waals surface area contributed by atoms with Crippen LogP contribution in [0.25, 0.3) is 0 Å². The second-order valence-electron chi connectivity index (χ2n) is 6.29. The third kappa shape index (κ3) is 5.32. The van der Waals surface area contributed by atoms with E-state index in [1.54, 1.807) is 37.3 Å². The number of amides is 2. The molecular formula is C20H19N5O4S2. The van der Waals surface area contributed by atoms with E-state index in [0.717, 1.165) is 5.56 Å². The number of sulfonamides is 1. The minimum absolute atomic E-state index is 0.0330. The largest absolute Gasteiger partial charge is 0.349 e. The number of carbonyl (C=O) groups excluding carboxylic acids is 2. The van der Waals surface area contributed by atoms with E-state index in [2.05, 4.69) is 32.1 Å². The van der Waals surface area contributed by atoms with Crippen LogP contribution in [0.4, 0.5) is 10.8 Å². The fraction of sp³-hybridized carbons (Fsp3) is 0.100. The van der Waals surface area contributed by atoms with Crippen LogP contribution in [0.1, 0.15) is 26.3 Å². The van der Waals surface area contributed by atoms with Crippen LogP contribution in [-0.4, -0.2) is 37.0 Å². The van der Waals surface area contributed by atoms with Crippen molar-refractivity contribution >= 4 is 44.0 Å². The number of hydrogen-bond acceptors (Lipinski definition) is 7. The molecular weight excluding hydrogens is 438 g/mol. The molecule has 0 saturated carbocycles. The maximum Gasteiger partial charge on any atom is 0.291 e. The fourth-order valence-electron chi connectivity index (χ4n) is 2.58. The number of nitrogens with zero attached hydrogens (tertiary/aromatic N) is 2. The van der Waals surface area contributed by atoms with Gasteiger partial charge in [0.2, 0.25) is 5.13 Å². The van der Waals surface area contributed by atoms with Gasteiger partial charge in [0, 0.05) is 12.1 Å². The highest BCUT2D eigenvalue weighted by molar-refractivity contribution is 7.94.